The Labute approximate surface area is 134 Å². The van der Waals surface area contributed by atoms with Gasteiger partial charge in [0, 0.05) is 24.7 Å². The molecule has 5 nitrogen and oxygen atoms in total. The van der Waals surface area contributed by atoms with Crippen LogP contribution in [0.4, 0.5) is 5.69 Å². The number of nitro groups is 1. The summed E-state index contributed by atoms with van der Waals surface area (Å²) in [5, 5.41) is 10.8. The first-order valence-electron chi connectivity index (χ1n) is 7.79. The average molecular weight is 311 g/mol. The molecule has 1 fully saturated rings. The normalized spacial score (nSPS) is 26.2. The number of ether oxygens (including phenoxy) is 2. The van der Waals surface area contributed by atoms with Gasteiger partial charge in [0.2, 0.25) is 0 Å². The Hall–Kier alpha value is -2.24. The highest BCUT2D eigenvalue weighted by molar-refractivity contribution is 5.36. The molecule has 0 spiro atoms. The van der Waals surface area contributed by atoms with E-state index in [4.69, 9.17) is 9.47 Å². The lowest BCUT2D eigenvalue weighted by Crippen LogP contribution is -2.16. The van der Waals surface area contributed by atoms with E-state index in [1.165, 1.54) is 23.3 Å². The second-order valence-electron chi connectivity index (χ2n) is 6.02. The van der Waals surface area contributed by atoms with Crippen molar-refractivity contribution in [3.8, 4) is 0 Å². The fourth-order valence-corrected chi connectivity index (χ4v) is 3.61. The molecule has 2 aliphatic heterocycles. The average Bonchev–Trinajstić information content (AvgIpc) is 3.21. The minimum atomic E-state index is -0.382. The highest BCUT2D eigenvalue weighted by atomic mass is 16.6. The third kappa shape index (κ3) is 2.52. The van der Waals surface area contributed by atoms with E-state index < -0.39 is 0 Å². The van der Waals surface area contributed by atoms with Crippen LogP contribution in [0.25, 0.3) is 0 Å². The van der Waals surface area contributed by atoms with Crippen molar-refractivity contribution in [2.75, 3.05) is 6.61 Å². The second-order valence-corrected chi connectivity index (χ2v) is 6.02. The number of benzene rings is 2. The van der Waals surface area contributed by atoms with E-state index in [9.17, 15) is 10.1 Å². The van der Waals surface area contributed by atoms with E-state index in [1.807, 2.05) is 12.1 Å². The van der Waals surface area contributed by atoms with Crippen LogP contribution >= 0.6 is 0 Å². The van der Waals surface area contributed by atoms with E-state index in [-0.39, 0.29) is 28.7 Å². The summed E-state index contributed by atoms with van der Waals surface area (Å²) < 4.78 is 12.0. The van der Waals surface area contributed by atoms with Gasteiger partial charge < -0.3 is 9.47 Å². The molecule has 0 aromatic heterocycles. The van der Waals surface area contributed by atoms with Crippen LogP contribution in [0.15, 0.2) is 48.5 Å². The first kappa shape index (κ1) is 14.4. The summed E-state index contributed by atoms with van der Waals surface area (Å²) in [5.74, 6) is 0.236. The summed E-state index contributed by atoms with van der Waals surface area (Å²) in [5.41, 5.74) is 3.57. The molecular weight excluding hydrogens is 294 g/mol. The van der Waals surface area contributed by atoms with Gasteiger partial charge in [-0.15, -0.1) is 0 Å². The maximum atomic E-state index is 10.8. The number of fused-ring (bicyclic) bond motifs is 1. The highest BCUT2D eigenvalue weighted by Crippen LogP contribution is 2.47. The molecule has 2 aromatic carbocycles. The number of hydrogen-bond donors (Lipinski definition) is 0. The number of hydrogen-bond acceptors (Lipinski definition) is 4. The third-order valence-corrected chi connectivity index (χ3v) is 4.74. The zero-order valence-corrected chi connectivity index (χ0v) is 12.6. The summed E-state index contributed by atoms with van der Waals surface area (Å²) in [7, 11) is 0. The predicted octanol–water partition coefficient (Wildman–Crippen LogP) is 3.94. The molecule has 1 saturated heterocycles. The molecule has 2 aliphatic rings. The molecule has 3 atom stereocenters. The Morgan fingerprint density at radius 1 is 1.00 bits per heavy atom. The molecule has 0 aliphatic carbocycles. The van der Waals surface area contributed by atoms with Gasteiger partial charge in [-0.3, -0.25) is 10.1 Å². The predicted molar refractivity (Wildman–Crippen MR) is 83.9 cm³/mol. The molecule has 5 heteroatoms. The maximum absolute atomic E-state index is 10.8. The van der Waals surface area contributed by atoms with E-state index in [1.54, 1.807) is 12.1 Å². The van der Waals surface area contributed by atoms with Crippen LogP contribution in [-0.4, -0.2) is 11.5 Å². The molecule has 4 rings (SSSR count). The van der Waals surface area contributed by atoms with Crippen molar-refractivity contribution in [1.29, 1.82) is 0 Å². The van der Waals surface area contributed by atoms with Gasteiger partial charge in [-0.1, -0.05) is 24.3 Å². The number of rotatable bonds is 3. The van der Waals surface area contributed by atoms with E-state index >= 15 is 0 Å². The van der Waals surface area contributed by atoms with E-state index in [2.05, 4.69) is 12.1 Å². The zero-order valence-electron chi connectivity index (χ0n) is 12.6. The molecule has 23 heavy (non-hydrogen) atoms. The largest absolute Gasteiger partial charge is 0.373 e. The van der Waals surface area contributed by atoms with Gasteiger partial charge in [0.1, 0.15) is 0 Å². The van der Waals surface area contributed by atoms with Gasteiger partial charge in [-0.05, 0) is 35.2 Å². The number of nitro benzene ring substituents is 1. The Kier molecular flexibility index (Phi) is 3.59. The van der Waals surface area contributed by atoms with Gasteiger partial charge in [0.05, 0.1) is 23.7 Å². The second kappa shape index (κ2) is 5.76. The van der Waals surface area contributed by atoms with Crippen molar-refractivity contribution in [3.63, 3.8) is 0 Å². The lowest BCUT2D eigenvalue weighted by atomic mass is 9.86. The van der Waals surface area contributed by atoms with Gasteiger partial charge in [0.25, 0.3) is 5.69 Å². The van der Waals surface area contributed by atoms with Gasteiger partial charge in [-0.2, -0.15) is 0 Å². The van der Waals surface area contributed by atoms with Gasteiger partial charge in [0.15, 0.2) is 0 Å². The van der Waals surface area contributed by atoms with Gasteiger partial charge >= 0.3 is 0 Å². The molecule has 0 saturated carbocycles. The summed E-state index contributed by atoms with van der Waals surface area (Å²) >= 11 is 0. The molecule has 0 unspecified atom stereocenters. The molecule has 0 N–H and O–H groups in total. The van der Waals surface area contributed by atoms with Crippen molar-refractivity contribution < 1.29 is 14.4 Å². The molecule has 118 valence electrons. The third-order valence-electron chi connectivity index (χ3n) is 4.74. The molecule has 0 bridgehead atoms. The minimum Gasteiger partial charge on any atom is -0.373 e. The lowest BCUT2D eigenvalue weighted by Gasteiger charge is -2.24. The Morgan fingerprint density at radius 3 is 2.57 bits per heavy atom. The first-order valence-corrected chi connectivity index (χ1v) is 7.79. The smallest absolute Gasteiger partial charge is 0.269 e. The molecule has 2 heterocycles. The van der Waals surface area contributed by atoms with E-state index in [0.717, 1.165) is 12.0 Å². The van der Waals surface area contributed by atoms with Crippen LogP contribution in [-0.2, 0) is 16.1 Å². The van der Waals surface area contributed by atoms with E-state index in [0.29, 0.717) is 13.2 Å². The SMILES string of the molecule is O=[N+]([O-])c1ccc([C@H]2OCC[C@@H]2[C@@H]2OCc3ccccc32)cc1. The van der Waals surface area contributed by atoms with Crippen LogP contribution in [0.3, 0.4) is 0 Å². The topological polar surface area (TPSA) is 61.6 Å². The zero-order chi connectivity index (χ0) is 15.8. The molecule has 0 amide bonds. The minimum absolute atomic E-state index is 0.0360. The van der Waals surface area contributed by atoms with Crippen LogP contribution in [0.1, 0.15) is 35.3 Å². The Balaban J connectivity index is 1.61. The lowest BCUT2D eigenvalue weighted by molar-refractivity contribution is -0.384. The highest BCUT2D eigenvalue weighted by Gasteiger charge is 2.40. The van der Waals surface area contributed by atoms with Crippen molar-refractivity contribution >= 4 is 5.69 Å². The molecular formula is C18H17NO4. The van der Waals surface area contributed by atoms with Crippen LogP contribution in [0.5, 0.6) is 0 Å². The Morgan fingerprint density at radius 2 is 1.78 bits per heavy atom. The quantitative estimate of drug-likeness (QED) is 0.636. The summed E-state index contributed by atoms with van der Waals surface area (Å²) in [6.45, 7) is 1.33. The first-order chi connectivity index (χ1) is 11.2. The van der Waals surface area contributed by atoms with Crippen molar-refractivity contribution in [2.45, 2.75) is 25.2 Å². The number of non-ortho nitro benzene ring substituents is 1. The maximum Gasteiger partial charge on any atom is 0.269 e. The van der Waals surface area contributed by atoms with Crippen LogP contribution in [0, 0.1) is 16.0 Å². The van der Waals surface area contributed by atoms with Crippen LogP contribution < -0.4 is 0 Å². The Bertz CT molecular complexity index is 728. The molecule has 0 radical (unpaired) electrons. The molecule has 2 aromatic rings. The van der Waals surface area contributed by atoms with Crippen molar-refractivity contribution in [2.24, 2.45) is 5.92 Å². The summed E-state index contributed by atoms with van der Waals surface area (Å²) in [4.78, 5) is 10.4. The van der Waals surface area contributed by atoms with Crippen LogP contribution in [0.2, 0.25) is 0 Å². The fraction of sp³-hybridized carbons (Fsp3) is 0.333. The van der Waals surface area contributed by atoms with Crippen molar-refractivity contribution in [1.82, 2.24) is 0 Å². The van der Waals surface area contributed by atoms with Crippen molar-refractivity contribution in [3.05, 3.63) is 75.3 Å². The standard InChI is InChI=1S/C18H17NO4/c20-19(21)14-7-5-12(6-8-14)17-16(9-10-22-17)18-15-4-2-1-3-13(15)11-23-18/h1-8,16-18H,9-11H2/t16-,17+,18+/m0/s1. The number of nitrogens with zero attached hydrogens (tertiary/aromatic N) is 1. The summed E-state index contributed by atoms with van der Waals surface area (Å²) in [6.07, 6.45) is 0.890. The summed E-state index contributed by atoms with van der Waals surface area (Å²) in [6, 6.07) is 15.0. The fourth-order valence-electron chi connectivity index (χ4n) is 3.61. The van der Waals surface area contributed by atoms with Gasteiger partial charge in [-0.25, -0.2) is 0 Å². The monoisotopic (exact) mass is 311 g/mol.